The molecule has 4 nitrogen and oxygen atoms in total. The number of benzene rings is 1. The number of nitrogens with one attached hydrogen (secondary N) is 1. The molecule has 0 aliphatic rings. The second-order valence-electron chi connectivity index (χ2n) is 4.68. The SMILES string of the molecule is COc1ccncc1/C=C(/C#N)c1c[nH]c2ccc(Br)cc12. The third kappa shape index (κ3) is 2.61. The molecule has 108 valence electrons. The van der Waals surface area contributed by atoms with E-state index in [4.69, 9.17) is 4.74 Å². The molecule has 0 saturated carbocycles. The van der Waals surface area contributed by atoms with Gasteiger partial charge >= 0.3 is 0 Å². The molecule has 22 heavy (non-hydrogen) atoms. The molecule has 0 radical (unpaired) electrons. The van der Waals surface area contributed by atoms with Gasteiger partial charge in [-0.1, -0.05) is 15.9 Å². The predicted molar refractivity (Wildman–Crippen MR) is 90.3 cm³/mol. The highest BCUT2D eigenvalue weighted by molar-refractivity contribution is 9.10. The zero-order valence-corrected chi connectivity index (χ0v) is 13.4. The number of nitriles is 1. The van der Waals surface area contributed by atoms with Crippen molar-refractivity contribution >= 4 is 38.5 Å². The number of halogens is 1. The van der Waals surface area contributed by atoms with Crippen LogP contribution in [0.4, 0.5) is 0 Å². The van der Waals surface area contributed by atoms with Crippen LogP contribution in [0, 0.1) is 11.3 Å². The number of aromatic nitrogens is 2. The van der Waals surface area contributed by atoms with Gasteiger partial charge in [-0.15, -0.1) is 0 Å². The number of pyridine rings is 1. The zero-order valence-electron chi connectivity index (χ0n) is 11.8. The van der Waals surface area contributed by atoms with E-state index in [0.717, 1.165) is 26.5 Å². The van der Waals surface area contributed by atoms with E-state index in [2.05, 4.69) is 32.0 Å². The highest BCUT2D eigenvalue weighted by Gasteiger charge is 2.10. The van der Waals surface area contributed by atoms with Crippen LogP contribution in [0.15, 0.2) is 47.3 Å². The third-order valence-corrected chi connectivity index (χ3v) is 3.88. The number of hydrogen-bond acceptors (Lipinski definition) is 3. The summed E-state index contributed by atoms with van der Waals surface area (Å²) in [5.41, 5.74) is 3.16. The summed E-state index contributed by atoms with van der Waals surface area (Å²) in [6.45, 7) is 0. The lowest BCUT2D eigenvalue weighted by atomic mass is 10.0. The van der Waals surface area contributed by atoms with Gasteiger partial charge in [-0.3, -0.25) is 4.98 Å². The van der Waals surface area contributed by atoms with Crippen LogP contribution >= 0.6 is 15.9 Å². The van der Waals surface area contributed by atoms with Crippen LogP contribution in [0.2, 0.25) is 0 Å². The molecular weight excluding hydrogens is 342 g/mol. The van der Waals surface area contributed by atoms with Gasteiger partial charge < -0.3 is 9.72 Å². The lowest BCUT2D eigenvalue weighted by Crippen LogP contribution is -1.89. The molecule has 0 atom stereocenters. The Hall–Kier alpha value is -2.58. The predicted octanol–water partition coefficient (Wildman–Crippen LogP) is 4.40. The second-order valence-corrected chi connectivity index (χ2v) is 5.60. The largest absolute Gasteiger partial charge is 0.496 e. The Bertz CT molecular complexity index is 906. The summed E-state index contributed by atoms with van der Waals surface area (Å²) in [5, 5.41) is 10.5. The Morgan fingerprint density at radius 1 is 1.41 bits per heavy atom. The van der Waals surface area contributed by atoms with Crippen LogP contribution in [0.5, 0.6) is 5.75 Å². The van der Waals surface area contributed by atoms with Crippen LogP contribution in [-0.2, 0) is 0 Å². The number of H-pyrrole nitrogens is 1. The number of methoxy groups -OCH3 is 1. The van der Waals surface area contributed by atoms with Gasteiger partial charge in [0.25, 0.3) is 0 Å². The van der Waals surface area contributed by atoms with E-state index in [0.29, 0.717) is 11.3 Å². The summed E-state index contributed by atoms with van der Waals surface area (Å²) in [6.07, 6.45) is 6.97. The van der Waals surface area contributed by atoms with Crippen molar-refractivity contribution in [2.45, 2.75) is 0 Å². The number of rotatable bonds is 3. The number of hydrogen-bond donors (Lipinski definition) is 1. The van der Waals surface area contributed by atoms with E-state index in [-0.39, 0.29) is 0 Å². The van der Waals surface area contributed by atoms with Gasteiger partial charge in [0.05, 0.1) is 18.8 Å². The van der Waals surface area contributed by atoms with Crippen LogP contribution in [0.1, 0.15) is 11.1 Å². The smallest absolute Gasteiger partial charge is 0.129 e. The van der Waals surface area contributed by atoms with Gasteiger partial charge in [0.1, 0.15) is 5.75 Å². The van der Waals surface area contributed by atoms with E-state index in [1.807, 2.05) is 24.4 Å². The van der Waals surface area contributed by atoms with Gasteiger partial charge in [-0.2, -0.15) is 5.26 Å². The lowest BCUT2D eigenvalue weighted by molar-refractivity contribution is 0.413. The summed E-state index contributed by atoms with van der Waals surface area (Å²) in [4.78, 5) is 7.27. The topological polar surface area (TPSA) is 61.7 Å². The van der Waals surface area contributed by atoms with E-state index in [1.165, 1.54) is 0 Å². The maximum atomic E-state index is 9.55. The van der Waals surface area contributed by atoms with E-state index < -0.39 is 0 Å². The first kappa shape index (κ1) is 14.4. The van der Waals surface area contributed by atoms with Crippen molar-refractivity contribution in [1.29, 1.82) is 5.26 Å². The standard InChI is InChI=1S/C17H12BrN3O/c1-22-17-4-5-20-9-12(17)6-11(8-19)15-10-21-16-3-2-13(18)7-14(15)16/h2-7,9-10,21H,1H3/b11-6-. The average molecular weight is 354 g/mol. The first-order chi connectivity index (χ1) is 10.7. The Morgan fingerprint density at radius 3 is 3.05 bits per heavy atom. The fourth-order valence-electron chi connectivity index (χ4n) is 2.33. The van der Waals surface area contributed by atoms with Crippen LogP contribution in [0.3, 0.4) is 0 Å². The Kier molecular flexibility index (Phi) is 3.94. The number of fused-ring (bicyclic) bond motifs is 1. The number of allylic oxidation sites excluding steroid dienone is 1. The Labute approximate surface area is 136 Å². The van der Waals surface area contributed by atoms with Crippen LogP contribution < -0.4 is 4.74 Å². The molecule has 0 aliphatic carbocycles. The number of aromatic amines is 1. The van der Waals surface area contributed by atoms with Crippen molar-refractivity contribution in [3.63, 3.8) is 0 Å². The molecule has 5 heteroatoms. The molecule has 1 N–H and O–H groups in total. The molecule has 2 heterocycles. The molecule has 1 aromatic carbocycles. The number of nitrogens with zero attached hydrogens (tertiary/aromatic N) is 2. The Morgan fingerprint density at radius 2 is 2.27 bits per heavy atom. The van der Waals surface area contributed by atoms with Gasteiger partial charge in [-0.05, 0) is 30.3 Å². The van der Waals surface area contributed by atoms with Gasteiger partial charge in [0.15, 0.2) is 0 Å². The summed E-state index contributed by atoms with van der Waals surface area (Å²) in [7, 11) is 1.60. The summed E-state index contributed by atoms with van der Waals surface area (Å²) < 4.78 is 6.27. The van der Waals surface area contributed by atoms with E-state index >= 15 is 0 Å². The first-order valence-electron chi connectivity index (χ1n) is 6.59. The fraction of sp³-hybridized carbons (Fsp3) is 0.0588. The minimum Gasteiger partial charge on any atom is -0.496 e. The molecule has 3 rings (SSSR count). The highest BCUT2D eigenvalue weighted by Crippen LogP contribution is 2.30. The molecule has 0 bridgehead atoms. The molecule has 0 saturated heterocycles. The summed E-state index contributed by atoms with van der Waals surface area (Å²) >= 11 is 3.47. The van der Waals surface area contributed by atoms with Crippen molar-refractivity contribution < 1.29 is 4.74 Å². The Balaban J connectivity index is 2.16. The van der Waals surface area contributed by atoms with Gasteiger partial charge in [0, 0.05) is 45.1 Å². The van der Waals surface area contributed by atoms with Gasteiger partial charge in [0.2, 0.25) is 0 Å². The molecule has 3 aromatic rings. The molecular formula is C17H12BrN3O. The maximum Gasteiger partial charge on any atom is 0.129 e. The molecule has 2 aromatic heterocycles. The minimum absolute atomic E-state index is 0.552. The molecule has 0 fully saturated rings. The van der Waals surface area contributed by atoms with Crippen molar-refractivity contribution in [3.05, 3.63) is 58.5 Å². The maximum absolute atomic E-state index is 9.55. The summed E-state index contributed by atoms with van der Waals surface area (Å²) in [6, 6.07) is 9.96. The van der Waals surface area contributed by atoms with E-state index in [9.17, 15) is 5.26 Å². The second kappa shape index (κ2) is 6.04. The molecule has 0 amide bonds. The van der Waals surface area contributed by atoms with Crippen molar-refractivity contribution in [2.24, 2.45) is 0 Å². The van der Waals surface area contributed by atoms with Crippen molar-refractivity contribution in [2.75, 3.05) is 7.11 Å². The lowest BCUT2D eigenvalue weighted by Gasteiger charge is -2.04. The third-order valence-electron chi connectivity index (χ3n) is 3.38. The first-order valence-corrected chi connectivity index (χ1v) is 7.39. The van der Waals surface area contributed by atoms with Crippen molar-refractivity contribution in [3.8, 4) is 11.8 Å². The van der Waals surface area contributed by atoms with E-state index in [1.54, 1.807) is 31.6 Å². The molecule has 0 spiro atoms. The van der Waals surface area contributed by atoms with Crippen molar-refractivity contribution in [1.82, 2.24) is 9.97 Å². The molecule has 0 aliphatic heterocycles. The quantitative estimate of drug-likeness (QED) is 0.709. The summed E-state index contributed by atoms with van der Waals surface area (Å²) in [5.74, 6) is 0.684. The molecule has 0 unspecified atom stereocenters. The zero-order chi connectivity index (χ0) is 15.5. The highest BCUT2D eigenvalue weighted by atomic mass is 79.9. The number of ether oxygens (including phenoxy) is 1. The fourth-order valence-corrected chi connectivity index (χ4v) is 2.69. The minimum atomic E-state index is 0.552. The average Bonchev–Trinajstić information content (AvgIpc) is 2.95. The monoisotopic (exact) mass is 353 g/mol. The normalized spacial score (nSPS) is 11.4. The van der Waals surface area contributed by atoms with Gasteiger partial charge in [-0.25, -0.2) is 0 Å². The van der Waals surface area contributed by atoms with Crippen LogP contribution in [-0.4, -0.2) is 17.1 Å². The van der Waals surface area contributed by atoms with Crippen LogP contribution in [0.25, 0.3) is 22.6 Å².